The van der Waals surface area contributed by atoms with Crippen LogP contribution in [0, 0.1) is 0 Å². The van der Waals surface area contributed by atoms with Crippen LogP contribution < -0.4 is 19.6 Å². The van der Waals surface area contributed by atoms with Gasteiger partial charge < -0.3 is 19.6 Å². The van der Waals surface area contributed by atoms with Gasteiger partial charge in [-0.2, -0.15) is 0 Å². The van der Waals surface area contributed by atoms with E-state index in [1.165, 1.54) is 97.7 Å². The standard InChI is InChI=1S/C103H70N4/c1-103(2)99-64-92(105(85-45-37-69-21-5-13-29-77(69)57-85)86-46-38-70-22-6-14-30-78(70)58-86)51-53-93(99)95-65-97-98(66-100(95)103)101(106(87-47-39-71-23-7-15-31-79(71)59-87)88-48-40-72-24-8-16-32-80(72)60-88)94-54-52-91(104(83-43-35-67-19-3-11-27-75(67)55-83)84-44-36-68-20-4-12-28-76(68)56-84)63-96(94)102(97)107(89-49-41-73-25-9-17-33-81(73)61-89)90-50-42-74-26-10-18-34-82(74)62-90/h3-66H,1-2H3. The number of hydrogen-bond donors (Lipinski definition) is 0. The van der Waals surface area contributed by atoms with Crippen LogP contribution in [0.2, 0.25) is 0 Å². The van der Waals surface area contributed by atoms with Crippen LogP contribution in [0.1, 0.15) is 25.0 Å². The molecule has 4 nitrogen and oxygen atoms in total. The SMILES string of the molecule is CC1(C)c2cc(N(c3ccc4ccccc4c3)c3ccc4ccccc4c3)ccc2-c2cc3c(N(c4ccc5ccccc5c4)c4ccc5ccccc5c4)c4cc(N(c5ccc6ccccc6c5)c5ccc6ccccc6c5)ccc4c(N(c4ccc5ccccc5c4)c4ccc5ccccc5c4)c3cc21. The van der Waals surface area contributed by atoms with Crippen LogP contribution in [0.3, 0.4) is 0 Å². The van der Waals surface area contributed by atoms with Crippen molar-refractivity contribution in [1.82, 2.24) is 0 Å². The molecule has 0 unspecified atom stereocenters. The summed E-state index contributed by atoms with van der Waals surface area (Å²) in [5, 5.41) is 23.3. The van der Waals surface area contributed by atoms with Gasteiger partial charge in [0.2, 0.25) is 0 Å². The molecule has 0 aliphatic heterocycles. The van der Waals surface area contributed by atoms with Gasteiger partial charge in [0.1, 0.15) is 0 Å². The Balaban J connectivity index is 0.905. The van der Waals surface area contributed by atoms with Gasteiger partial charge in [-0.25, -0.2) is 0 Å². The van der Waals surface area contributed by atoms with E-state index in [-0.39, 0.29) is 0 Å². The van der Waals surface area contributed by atoms with Crippen molar-refractivity contribution in [3.8, 4) is 11.1 Å². The van der Waals surface area contributed by atoms with Crippen molar-refractivity contribution in [1.29, 1.82) is 0 Å². The molecular formula is C103H70N4. The van der Waals surface area contributed by atoms with Crippen LogP contribution in [0.5, 0.6) is 0 Å². The summed E-state index contributed by atoms with van der Waals surface area (Å²) in [6.45, 7) is 4.90. The Morgan fingerprint density at radius 3 is 0.682 bits per heavy atom. The average Bonchev–Trinajstić information content (AvgIpc) is 1.61. The third-order valence-corrected chi connectivity index (χ3v) is 22.7. The summed E-state index contributed by atoms with van der Waals surface area (Å²) in [4.78, 5) is 10.1. The molecule has 0 saturated heterocycles. The zero-order valence-electron chi connectivity index (χ0n) is 59.2. The Morgan fingerprint density at radius 2 is 0.374 bits per heavy atom. The second-order valence-corrected chi connectivity index (χ2v) is 29.3. The lowest BCUT2D eigenvalue weighted by Gasteiger charge is -2.34. The van der Waals surface area contributed by atoms with Gasteiger partial charge >= 0.3 is 0 Å². The van der Waals surface area contributed by atoms with E-state index in [2.05, 4.69) is 422 Å². The predicted molar refractivity (Wildman–Crippen MR) is 458 cm³/mol. The van der Waals surface area contributed by atoms with Crippen molar-refractivity contribution in [2.45, 2.75) is 19.3 Å². The zero-order chi connectivity index (χ0) is 70.8. The highest BCUT2D eigenvalue weighted by atomic mass is 15.2. The summed E-state index contributed by atoms with van der Waals surface area (Å²) in [7, 11) is 0. The molecule has 4 heteroatoms. The van der Waals surface area contributed by atoms with Gasteiger partial charge in [-0.05, 0) is 242 Å². The van der Waals surface area contributed by atoms with Gasteiger partial charge in [0.25, 0.3) is 0 Å². The Hall–Kier alpha value is -13.8. The normalized spacial score (nSPS) is 12.5. The van der Waals surface area contributed by atoms with Gasteiger partial charge in [0, 0.05) is 83.8 Å². The molecule has 0 saturated carbocycles. The molecule has 502 valence electrons. The number of benzene rings is 20. The average molecular weight is 1360 g/mol. The molecule has 0 heterocycles. The maximum absolute atomic E-state index is 2.60. The molecule has 0 N–H and O–H groups in total. The highest BCUT2D eigenvalue weighted by Gasteiger charge is 2.39. The van der Waals surface area contributed by atoms with Gasteiger partial charge in [-0.3, -0.25) is 0 Å². The molecule has 21 rings (SSSR count). The molecule has 1 aliphatic rings. The number of anilines is 12. The molecular weight excluding hydrogens is 1290 g/mol. The fourth-order valence-corrected chi connectivity index (χ4v) is 17.4. The van der Waals surface area contributed by atoms with Gasteiger partial charge in [-0.1, -0.05) is 269 Å². The summed E-state index contributed by atoms with van der Waals surface area (Å²) < 4.78 is 0. The Bertz CT molecular complexity index is 6730. The first-order chi connectivity index (χ1) is 52.7. The minimum absolute atomic E-state index is 0.489. The van der Waals surface area contributed by atoms with Crippen molar-refractivity contribution in [3.63, 3.8) is 0 Å². The van der Waals surface area contributed by atoms with Crippen molar-refractivity contribution in [2.24, 2.45) is 0 Å². The second kappa shape index (κ2) is 24.7. The van der Waals surface area contributed by atoms with Crippen molar-refractivity contribution in [3.05, 3.63) is 399 Å². The van der Waals surface area contributed by atoms with Crippen molar-refractivity contribution in [2.75, 3.05) is 19.6 Å². The molecule has 0 aromatic heterocycles. The Kier molecular flexibility index (Phi) is 14.3. The van der Waals surface area contributed by atoms with Crippen LogP contribution in [0.4, 0.5) is 68.2 Å². The molecule has 0 fully saturated rings. The van der Waals surface area contributed by atoms with E-state index in [0.717, 1.165) is 101 Å². The maximum atomic E-state index is 2.60. The predicted octanol–water partition coefficient (Wildman–Crippen LogP) is 29.4. The minimum Gasteiger partial charge on any atom is -0.310 e. The Morgan fingerprint density at radius 1 is 0.159 bits per heavy atom. The first kappa shape index (κ1) is 61.8. The van der Waals surface area contributed by atoms with Crippen molar-refractivity contribution < 1.29 is 0 Å². The van der Waals surface area contributed by atoms with E-state index in [0.29, 0.717) is 0 Å². The first-order valence-corrected chi connectivity index (χ1v) is 37.1. The molecule has 0 atom stereocenters. The largest absolute Gasteiger partial charge is 0.310 e. The molecule has 20 aromatic rings. The van der Waals surface area contributed by atoms with Gasteiger partial charge in [0.05, 0.1) is 11.4 Å². The van der Waals surface area contributed by atoms with Crippen LogP contribution in [0.15, 0.2) is 388 Å². The molecule has 0 bridgehead atoms. The number of nitrogens with zero attached hydrogens (tertiary/aromatic N) is 4. The quantitative estimate of drug-likeness (QED) is 0.0893. The monoisotopic (exact) mass is 1360 g/mol. The van der Waals surface area contributed by atoms with E-state index in [9.17, 15) is 0 Å². The number of hydrogen-bond acceptors (Lipinski definition) is 4. The van der Waals surface area contributed by atoms with E-state index >= 15 is 0 Å². The van der Waals surface area contributed by atoms with Crippen LogP contribution in [0.25, 0.3) is 119 Å². The first-order valence-electron chi connectivity index (χ1n) is 37.1. The molecule has 0 spiro atoms. The number of rotatable bonds is 12. The summed E-state index contributed by atoms with van der Waals surface area (Å²) in [6, 6.07) is 146. The lowest BCUT2D eigenvalue weighted by atomic mass is 9.81. The number of fused-ring (bicyclic) bond motifs is 13. The smallest absolute Gasteiger partial charge is 0.0620 e. The van der Waals surface area contributed by atoms with Crippen LogP contribution >= 0.6 is 0 Å². The van der Waals surface area contributed by atoms with Crippen LogP contribution in [-0.4, -0.2) is 0 Å². The van der Waals surface area contributed by atoms with Crippen molar-refractivity contribution >= 4 is 176 Å². The summed E-state index contributed by atoms with van der Waals surface area (Å²) in [5.74, 6) is 0. The summed E-state index contributed by atoms with van der Waals surface area (Å²) in [6.07, 6.45) is 0. The minimum atomic E-state index is -0.489. The van der Waals surface area contributed by atoms with Crippen LogP contribution in [-0.2, 0) is 5.41 Å². The zero-order valence-corrected chi connectivity index (χ0v) is 59.2. The topological polar surface area (TPSA) is 13.0 Å². The third kappa shape index (κ3) is 10.4. The molecule has 107 heavy (non-hydrogen) atoms. The second-order valence-electron chi connectivity index (χ2n) is 29.3. The van der Waals surface area contributed by atoms with E-state index in [1.807, 2.05) is 0 Å². The fraction of sp³-hybridized carbons (Fsp3) is 0.0291. The Labute approximate surface area is 621 Å². The van der Waals surface area contributed by atoms with Gasteiger partial charge in [0.15, 0.2) is 0 Å². The van der Waals surface area contributed by atoms with Gasteiger partial charge in [-0.15, -0.1) is 0 Å². The molecule has 1 aliphatic carbocycles. The molecule has 0 amide bonds. The summed E-state index contributed by atoms with van der Waals surface area (Å²) >= 11 is 0. The fourth-order valence-electron chi connectivity index (χ4n) is 17.4. The maximum Gasteiger partial charge on any atom is 0.0620 e. The highest BCUT2D eigenvalue weighted by Crippen LogP contribution is 2.59. The van der Waals surface area contributed by atoms with E-state index in [4.69, 9.17) is 0 Å². The summed E-state index contributed by atoms with van der Waals surface area (Å²) in [5.41, 5.74) is 17.3. The van der Waals surface area contributed by atoms with E-state index < -0.39 is 5.41 Å². The molecule has 20 aromatic carbocycles. The lowest BCUT2D eigenvalue weighted by molar-refractivity contribution is 0.661. The highest BCUT2D eigenvalue weighted by molar-refractivity contribution is 6.26. The lowest BCUT2D eigenvalue weighted by Crippen LogP contribution is -2.18. The van der Waals surface area contributed by atoms with E-state index in [1.54, 1.807) is 0 Å². The molecule has 0 radical (unpaired) electrons. The third-order valence-electron chi connectivity index (χ3n) is 22.7.